The number of nitrogens with one attached hydrogen (secondary N) is 2. The number of carbonyl (C=O) groups is 3. The van der Waals surface area contributed by atoms with Crippen molar-refractivity contribution in [3.05, 3.63) is 0 Å². The van der Waals surface area contributed by atoms with Gasteiger partial charge in [0, 0.05) is 6.54 Å². The molecule has 156 valence electrons. The third kappa shape index (κ3) is 11.0. The second kappa shape index (κ2) is 13.7. The van der Waals surface area contributed by atoms with E-state index in [1.165, 1.54) is 0 Å². The van der Waals surface area contributed by atoms with Crippen LogP contribution in [0.3, 0.4) is 0 Å². The number of carbonyl (C=O) groups excluding carboxylic acids is 2. The maximum atomic E-state index is 12.2. The number of amides is 2. The Labute approximate surface area is 157 Å². The van der Waals surface area contributed by atoms with Gasteiger partial charge in [0.25, 0.3) is 0 Å². The molecular weight excluding hydrogens is 358 g/mol. The van der Waals surface area contributed by atoms with E-state index in [4.69, 9.17) is 28.0 Å². The maximum Gasteiger partial charge on any atom is 0.326 e. The number of nitrogens with zero attached hydrogens (tertiary/aromatic N) is 1. The van der Waals surface area contributed by atoms with Crippen LogP contribution < -0.4 is 33.6 Å². The van der Waals surface area contributed by atoms with Crippen LogP contribution in [-0.2, 0) is 14.4 Å². The Hall–Kier alpha value is -2.44. The number of rotatable bonds is 14. The molecule has 0 aliphatic rings. The zero-order valence-corrected chi connectivity index (χ0v) is 15.3. The molecule has 0 unspecified atom stereocenters. The molecule has 0 spiro atoms. The van der Waals surface area contributed by atoms with E-state index in [0.717, 1.165) is 0 Å². The summed E-state index contributed by atoms with van der Waals surface area (Å²) in [5.41, 5.74) is 21.4. The fourth-order valence-corrected chi connectivity index (χ4v) is 2.15. The Bertz CT molecular complexity index is 511. The third-order valence-electron chi connectivity index (χ3n) is 3.68. The molecular formula is C15H31N7O5. The highest BCUT2D eigenvalue weighted by Gasteiger charge is 2.27. The van der Waals surface area contributed by atoms with E-state index in [2.05, 4.69) is 15.6 Å². The van der Waals surface area contributed by atoms with Gasteiger partial charge in [-0.3, -0.25) is 14.6 Å². The average Bonchev–Trinajstić information content (AvgIpc) is 2.61. The van der Waals surface area contributed by atoms with Gasteiger partial charge in [0.1, 0.15) is 12.1 Å². The summed E-state index contributed by atoms with van der Waals surface area (Å²) in [4.78, 5) is 39.2. The number of aliphatic hydroxyl groups is 1. The van der Waals surface area contributed by atoms with Crippen LogP contribution >= 0.6 is 0 Å². The van der Waals surface area contributed by atoms with Gasteiger partial charge in [0.2, 0.25) is 11.8 Å². The number of carboxylic acids is 1. The molecule has 0 aromatic heterocycles. The second-order valence-electron chi connectivity index (χ2n) is 5.98. The van der Waals surface area contributed by atoms with Crippen molar-refractivity contribution in [3.63, 3.8) is 0 Å². The number of unbranched alkanes of at least 4 members (excludes halogenated alkanes) is 1. The Morgan fingerprint density at radius 3 is 2.11 bits per heavy atom. The summed E-state index contributed by atoms with van der Waals surface area (Å²) in [6.45, 7) is 0.0143. The first-order valence-corrected chi connectivity index (χ1v) is 8.68. The minimum absolute atomic E-state index is 0.0653. The normalized spacial score (nSPS) is 13.9. The van der Waals surface area contributed by atoms with E-state index >= 15 is 0 Å². The summed E-state index contributed by atoms with van der Waals surface area (Å²) >= 11 is 0. The Kier molecular flexibility index (Phi) is 12.5. The fourth-order valence-electron chi connectivity index (χ4n) is 2.15. The molecule has 0 heterocycles. The first kappa shape index (κ1) is 24.6. The SMILES string of the molecule is NCCCC[C@H](NC(=O)[C@H](CO)NC(=O)[C@@H](N)CCCN=C(N)N)C(=O)O. The molecule has 27 heavy (non-hydrogen) atoms. The van der Waals surface area contributed by atoms with Crippen molar-refractivity contribution < 1.29 is 24.6 Å². The minimum Gasteiger partial charge on any atom is -0.480 e. The molecule has 0 aromatic carbocycles. The van der Waals surface area contributed by atoms with Crippen molar-refractivity contribution >= 4 is 23.7 Å². The molecule has 0 saturated carbocycles. The number of aliphatic imine (C=N–C) groups is 1. The van der Waals surface area contributed by atoms with Crippen molar-refractivity contribution in [3.8, 4) is 0 Å². The van der Waals surface area contributed by atoms with Crippen LogP contribution in [0, 0.1) is 0 Å². The van der Waals surface area contributed by atoms with Crippen LogP contribution in [0.25, 0.3) is 0 Å². The summed E-state index contributed by atoms with van der Waals surface area (Å²) in [5.74, 6) is -2.73. The van der Waals surface area contributed by atoms with Gasteiger partial charge in [-0.2, -0.15) is 0 Å². The lowest BCUT2D eigenvalue weighted by molar-refractivity contribution is -0.142. The second-order valence-corrected chi connectivity index (χ2v) is 5.98. The molecule has 0 bridgehead atoms. The summed E-state index contributed by atoms with van der Waals surface area (Å²) < 4.78 is 0. The molecule has 0 saturated heterocycles. The standard InChI is InChI=1S/C15H31N7O5/c16-6-2-1-5-10(14(26)27)21-13(25)11(8-23)22-12(24)9(17)4-3-7-20-15(18)19/h9-11,23H,1-8,16-17H2,(H,21,25)(H,22,24)(H,26,27)(H4,18,19,20)/t9-,10-,11-/m0/s1. The molecule has 2 amide bonds. The van der Waals surface area contributed by atoms with Crippen LogP contribution in [0.5, 0.6) is 0 Å². The van der Waals surface area contributed by atoms with E-state index in [-0.39, 0.29) is 18.8 Å². The lowest BCUT2D eigenvalue weighted by Crippen LogP contribution is -2.55. The molecule has 12 heteroatoms. The van der Waals surface area contributed by atoms with Crippen molar-refractivity contribution in [2.75, 3.05) is 19.7 Å². The smallest absolute Gasteiger partial charge is 0.326 e. The van der Waals surface area contributed by atoms with Gasteiger partial charge in [0.05, 0.1) is 12.6 Å². The van der Waals surface area contributed by atoms with Crippen molar-refractivity contribution in [2.45, 2.75) is 50.2 Å². The summed E-state index contributed by atoms with van der Waals surface area (Å²) in [6.07, 6.45) is 2.04. The van der Waals surface area contributed by atoms with E-state index < -0.39 is 42.5 Å². The van der Waals surface area contributed by atoms with Crippen LogP contribution in [0.2, 0.25) is 0 Å². The summed E-state index contributed by atoms with van der Waals surface area (Å²) in [5, 5.41) is 23.1. The number of aliphatic hydroxyl groups excluding tert-OH is 1. The van der Waals surface area contributed by atoms with E-state index in [9.17, 15) is 19.5 Å². The van der Waals surface area contributed by atoms with Crippen LogP contribution in [0.4, 0.5) is 0 Å². The lowest BCUT2D eigenvalue weighted by atomic mass is 10.1. The van der Waals surface area contributed by atoms with Gasteiger partial charge in [-0.1, -0.05) is 0 Å². The highest BCUT2D eigenvalue weighted by Crippen LogP contribution is 2.02. The van der Waals surface area contributed by atoms with Crippen molar-refractivity contribution in [1.82, 2.24) is 10.6 Å². The quantitative estimate of drug-likeness (QED) is 0.0836. The minimum atomic E-state index is -1.31. The molecule has 12 nitrogen and oxygen atoms in total. The van der Waals surface area contributed by atoms with Crippen LogP contribution in [0.15, 0.2) is 4.99 Å². The van der Waals surface area contributed by atoms with E-state index in [1.807, 2.05) is 0 Å². The molecule has 0 radical (unpaired) electrons. The molecule has 0 fully saturated rings. The third-order valence-corrected chi connectivity index (χ3v) is 3.68. The number of carboxylic acid groups (broad SMARTS) is 1. The van der Waals surface area contributed by atoms with Gasteiger partial charge >= 0.3 is 5.97 Å². The number of hydrogen-bond donors (Lipinski definition) is 8. The van der Waals surface area contributed by atoms with Crippen molar-refractivity contribution in [2.24, 2.45) is 27.9 Å². The predicted octanol–water partition coefficient (Wildman–Crippen LogP) is -3.46. The largest absolute Gasteiger partial charge is 0.480 e. The zero-order valence-electron chi connectivity index (χ0n) is 15.3. The number of nitrogens with two attached hydrogens (primary N) is 4. The highest BCUT2D eigenvalue weighted by molar-refractivity contribution is 5.91. The Morgan fingerprint density at radius 2 is 1.59 bits per heavy atom. The zero-order chi connectivity index (χ0) is 20.8. The summed E-state index contributed by atoms with van der Waals surface area (Å²) in [6, 6.07) is -3.37. The van der Waals surface area contributed by atoms with E-state index in [1.54, 1.807) is 0 Å². The molecule has 12 N–H and O–H groups in total. The van der Waals surface area contributed by atoms with Gasteiger partial charge in [-0.05, 0) is 38.6 Å². The number of guanidine groups is 1. The molecule has 0 aromatic rings. The number of aliphatic carboxylic acids is 1. The van der Waals surface area contributed by atoms with Gasteiger partial charge in [-0.15, -0.1) is 0 Å². The molecule has 0 rings (SSSR count). The van der Waals surface area contributed by atoms with Gasteiger partial charge in [0.15, 0.2) is 5.96 Å². The van der Waals surface area contributed by atoms with Gasteiger partial charge < -0.3 is 43.8 Å². The molecule has 0 aliphatic heterocycles. The highest BCUT2D eigenvalue weighted by atomic mass is 16.4. The van der Waals surface area contributed by atoms with Crippen LogP contribution in [0.1, 0.15) is 32.1 Å². The van der Waals surface area contributed by atoms with Crippen molar-refractivity contribution in [1.29, 1.82) is 0 Å². The monoisotopic (exact) mass is 389 g/mol. The molecule has 3 atom stereocenters. The Balaban J connectivity index is 4.57. The molecule has 0 aliphatic carbocycles. The lowest BCUT2D eigenvalue weighted by Gasteiger charge is -2.21. The predicted molar refractivity (Wildman–Crippen MR) is 99.4 cm³/mol. The first-order valence-electron chi connectivity index (χ1n) is 8.68. The topological polar surface area (TPSA) is 232 Å². The number of hydrogen-bond acceptors (Lipinski definition) is 7. The van der Waals surface area contributed by atoms with E-state index in [0.29, 0.717) is 32.4 Å². The average molecular weight is 389 g/mol. The summed E-state index contributed by atoms with van der Waals surface area (Å²) in [7, 11) is 0. The Morgan fingerprint density at radius 1 is 0.963 bits per heavy atom. The van der Waals surface area contributed by atoms with Gasteiger partial charge in [-0.25, -0.2) is 4.79 Å². The fraction of sp³-hybridized carbons (Fsp3) is 0.733. The van der Waals surface area contributed by atoms with Crippen LogP contribution in [-0.4, -0.2) is 71.8 Å². The maximum absolute atomic E-state index is 12.2. The first-order chi connectivity index (χ1) is 12.7.